The zero-order valence-electron chi connectivity index (χ0n) is 11.4. The van der Waals surface area contributed by atoms with Crippen LogP contribution in [0, 0.1) is 0 Å². The van der Waals surface area contributed by atoms with Crippen molar-refractivity contribution in [2.45, 2.75) is 6.42 Å². The molecule has 1 N–H and O–H groups in total. The van der Waals surface area contributed by atoms with E-state index in [1.54, 1.807) is 10.9 Å². The molecule has 1 aromatic carbocycles. The van der Waals surface area contributed by atoms with Crippen LogP contribution in [0.25, 0.3) is 11.3 Å². The monoisotopic (exact) mass is 344 g/mol. The molecular weight excluding hydrogens is 332 g/mol. The van der Waals surface area contributed by atoms with Gasteiger partial charge in [0.1, 0.15) is 5.82 Å². The molecule has 6 heteroatoms. The van der Waals surface area contributed by atoms with Crippen LogP contribution >= 0.6 is 15.9 Å². The van der Waals surface area contributed by atoms with Gasteiger partial charge in [-0.15, -0.1) is 0 Å². The van der Waals surface area contributed by atoms with Gasteiger partial charge in [-0.1, -0.05) is 34.1 Å². The van der Waals surface area contributed by atoms with E-state index in [1.165, 1.54) is 6.07 Å². The third-order valence-corrected chi connectivity index (χ3v) is 3.88. The Balaban J connectivity index is 1.99. The van der Waals surface area contributed by atoms with E-state index in [0.29, 0.717) is 17.9 Å². The minimum Gasteiger partial charge on any atom is -0.310 e. The molecule has 0 fully saturated rings. The molecule has 106 valence electrons. The molecule has 2 aromatic heterocycles. The topological polar surface area (TPSA) is 63.6 Å². The molecule has 0 saturated carbocycles. The summed E-state index contributed by atoms with van der Waals surface area (Å²) in [6, 6.07) is 9.37. The van der Waals surface area contributed by atoms with Gasteiger partial charge in [0, 0.05) is 35.8 Å². The Morgan fingerprint density at radius 2 is 2.14 bits per heavy atom. The van der Waals surface area contributed by atoms with Gasteiger partial charge in [-0.25, -0.2) is 4.98 Å². The minimum absolute atomic E-state index is 0.161. The maximum atomic E-state index is 11.8. The molecule has 0 spiro atoms. The molecule has 0 unspecified atom stereocenters. The van der Waals surface area contributed by atoms with Gasteiger partial charge in [-0.05, 0) is 11.6 Å². The summed E-state index contributed by atoms with van der Waals surface area (Å²) in [5.74, 6) is 0.633. The smallest absolute Gasteiger partial charge is 0.251 e. The molecule has 0 saturated heterocycles. The number of halogens is 1. The summed E-state index contributed by atoms with van der Waals surface area (Å²) in [4.78, 5) is 19.1. The van der Waals surface area contributed by atoms with Gasteiger partial charge >= 0.3 is 0 Å². The van der Waals surface area contributed by atoms with E-state index in [-0.39, 0.29) is 5.56 Å². The highest BCUT2D eigenvalue weighted by atomic mass is 79.9. The van der Waals surface area contributed by atoms with Crippen LogP contribution < -0.4 is 5.56 Å². The van der Waals surface area contributed by atoms with E-state index in [1.807, 2.05) is 37.5 Å². The first kappa shape index (κ1) is 13.8. The average Bonchev–Trinajstić information content (AvgIpc) is 2.88. The molecule has 0 aliphatic carbocycles. The summed E-state index contributed by atoms with van der Waals surface area (Å²) in [5.41, 5.74) is 2.38. The fraction of sp³-hybridized carbons (Fsp3) is 0.133. The van der Waals surface area contributed by atoms with Gasteiger partial charge in [0.2, 0.25) is 0 Å². The number of hydrogen-bond donors (Lipinski definition) is 1. The van der Waals surface area contributed by atoms with Crippen LogP contribution in [0.2, 0.25) is 0 Å². The summed E-state index contributed by atoms with van der Waals surface area (Å²) >= 11 is 3.51. The van der Waals surface area contributed by atoms with E-state index in [0.717, 1.165) is 15.6 Å². The Kier molecular flexibility index (Phi) is 3.70. The van der Waals surface area contributed by atoms with E-state index < -0.39 is 0 Å². The maximum Gasteiger partial charge on any atom is 0.251 e. The van der Waals surface area contributed by atoms with Crippen LogP contribution in [0.3, 0.4) is 0 Å². The molecule has 0 bridgehead atoms. The van der Waals surface area contributed by atoms with Crippen molar-refractivity contribution in [1.82, 2.24) is 19.7 Å². The van der Waals surface area contributed by atoms with Gasteiger partial charge in [-0.3, -0.25) is 9.48 Å². The Bertz CT molecular complexity index is 837. The van der Waals surface area contributed by atoms with Crippen LogP contribution in [0.1, 0.15) is 11.4 Å². The number of nitrogens with zero attached hydrogens (tertiary/aromatic N) is 3. The first-order chi connectivity index (χ1) is 10.1. The third kappa shape index (κ3) is 3.11. The Labute approximate surface area is 129 Å². The SMILES string of the molecule is Cn1cc(-c2cc(=O)[nH]c(Cc3ccccc3Br)n2)cn1. The number of H-pyrrole nitrogens is 1. The van der Waals surface area contributed by atoms with E-state index in [2.05, 4.69) is 31.0 Å². The van der Waals surface area contributed by atoms with Gasteiger partial charge < -0.3 is 4.98 Å². The second-order valence-electron chi connectivity index (χ2n) is 4.75. The summed E-state index contributed by atoms with van der Waals surface area (Å²) in [7, 11) is 1.83. The second kappa shape index (κ2) is 5.65. The van der Waals surface area contributed by atoms with Gasteiger partial charge in [0.15, 0.2) is 0 Å². The number of nitrogens with one attached hydrogen (secondary N) is 1. The minimum atomic E-state index is -0.161. The Morgan fingerprint density at radius 3 is 2.86 bits per heavy atom. The zero-order valence-corrected chi connectivity index (χ0v) is 13.0. The van der Waals surface area contributed by atoms with Crippen molar-refractivity contribution in [2.24, 2.45) is 7.05 Å². The molecule has 21 heavy (non-hydrogen) atoms. The molecule has 0 aliphatic rings. The first-order valence-corrected chi connectivity index (χ1v) is 7.24. The summed E-state index contributed by atoms with van der Waals surface area (Å²) in [6.07, 6.45) is 4.10. The highest BCUT2D eigenvalue weighted by Crippen LogP contribution is 2.19. The molecule has 0 radical (unpaired) electrons. The quantitative estimate of drug-likeness (QED) is 0.793. The van der Waals surface area contributed by atoms with Crippen LogP contribution in [0.15, 0.2) is 52.0 Å². The van der Waals surface area contributed by atoms with Gasteiger partial charge in [0.25, 0.3) is 5.56 Å². The normalized spacial score (nSPS) is 10.8. The molecule has 3 rings (SSSR count). The van der Waals surface area contributed by atoms with Crippen molar-refractivity contribution in [3.8, 4) is 11.3 Å². The molecule has 3 aromatic rings. The van der Waals surface area contributed by atoms with Gasteiger partial charge in [0.05, 0.1) is 11.9 Å². The summed E-state index contributed by atoms with van der Waals surface area (Å²) in [6.45, 7) is 0. The van der Waals surface area contributed by atoms with Crippen LogP contribution in [-0.4, -0.2) is 19.7 Å². The lowest BCUT2D eigenvalue weighted by atomic mass is 10.1. The first-order valence-electron chi connectivity index (χ1n) is 6.44. The van der Waals surface area contributed by atoms with E-state index in [9.17, 15) is 4.79 Å². The van der Waals surface area contributed by atoms with Crippen molar-refractivity contribution < 1.29 is 0 Å². The van der Waals surface area contributed by atoms with E-state index >= 15 is 0 Å². The number of benzene rings is 1. The molecule has 0 atom stereocenters. The third-order valence-electron chi connectivity index (χ3n) is 3.11. The molecule has 2 heterocycles. The van der Waals surface area contributed by atoms with Crippen LogP contribution in [-0.2, 0) is 13.5 Å². The van der Waals surface area contributed by atoms with Crippen molar-refractivity contribution in [1.29, 1.82) is 0 Å². The Morgan fingerprint density at radius 1 is 1.33 bits per heavy atom. The van der Waals surface area contributed by atoms with Crippen molar-refractivity contribution in [3.05, 3.63) is 68.9 Å². The van der Waals surface area contributed by atoms with Crippen LogP contribution in [0.4, 0.5) is 0 Å². The molecule has 0 amide bonds. The lowest BCUT2D eigenvalue weighted by Crippen LogP contribution is -2.11. The average molecular weight is 345 g/mol. The lowest BCUT2D eigenvalue weighted by Gasteiger charge is -2.05. The standard InChI is InChI=1S/C15H13BrN4O/c1-20-9-11(8-17-20)13-7-15(21)19-14(18-13)6-10-4-2-3-5-12(10)16/h2-5,7-9H,6H2,1H3,(H,18,19,21). The highest BCUT2D eigenvalue weighted by molar-refractivity contribution is 9.10. The Hall–Kier alpha value is -2.21. The number of aromatic amines is 1. The zero-order chi connectivity index (χ0) is 14.8. The van der Waals surface area contributed by atoms with Crippen molar-refractivity contribution in [3.63, 3.8) is 0 Å². The summed E-state index contributed by atoms with van der Waals surface area (Å²) in [5, 5.41) is 4.11. The highest BCUT2D eigenvalue weighted by Gasteiger charge is 2.08. The predicted octanol–water partition coefficient (Wildman–Crippen LogP) is 2.52. The predicted molar refractivity (Wildman–Crippen MR) is 84.0 cm³/mol. The number of aryl methyl sites for hydroxylation is 1. The van der Waals surface area contributed by atoms with Gasteiger partial charge in [-0.2, -0.15) is 5.10 Å². The number of hydrogen-bond acceptors (Lipinski definition) is 3. The number of aromatic nitrogens is 4. The molecule has 5 nitrogen and oxygen atoms in total. The molecular formula is C15H13BrN4O. The molecule has 0 aliphatic heterocycles. The second-order valence-corrected chi connectivity index (χ2v) is 5.60. The summed E-state index contributed by atoms with van der Waals surface area (Å²) < 4.78 is 2.69. The van der Waals surface area contributed by atoms with Crippen LogP contribution in [0.5, 0.6) is 0 Å². The fourth-order valence-electron chi connectivity index (χ4n) is 2.12. The lowest BCUT2D eigenvalue weighted by molar-refractivity contribution is 0.768. The maximum absolute atomic E-state index is 11.8. The number of rotatable bonds is 3. The van der Waals surface area contributed by atoms with Crippen molar-refractivity contribution >= 4 is 15.9 Å². The fourth-order valence-corrected chi connectivity index (χ4v) is 2.54. The van der Waals surface area contributed by atoms with E-state index in [4.69, 9.17) is 0 Å². The largest absolute Gasteiger partial charge is 0.310 e. The van der Waals surface area contributed by atoms with Crippen molar-refractivity contribution in [2.75, 3.05) is 0 Å².